The number of nitrogens with two attached hydrogens (primary N) is 1. The van der Waals surface area contributed by atoms with Crippen LogP contribution in [0, 0.1) is 0 Å². The van der Waals surface area contributed by atoms with E-state index < -0.39 is 12.6 Å². The predicted molar refractivity (Wildman–Crippen MR) is 89.2 cm³/mol. The molecular weight excluding hydrogens is 379 g/mol. The van der Waals surface area contributed by atoms with E-state index in [-0.39, 0.29) is 0 Å². The highest BCUT2D eigenvalue weighted by Gasteiger charge is 2.05. The van der Waals surface area contributed by atoms with Gasteiger partial charge in [0, 0.05) is 17.2 Å². The molecule has 1 aromatic heterocycles. The van der Waals surface area contributed by atoms with Crippen molar-refractivity contribution in [2.45, 2.75) is 0 Å². The van der Waals surface area contributed by atoms with Crippen LogP contribution in [-0.4, -0.2) is 12.6 Å². The molecule has 0 bridgehead atoms. The summed E-state index contributed by atoms with van der Waals surface area (Å²) in [5.41, 5.74) is 6.90. The number of carbonyl (C=O) groups excluding carboxylic acids is 1. The molecule has 3 aromatic rings. The van der Waals surface area contributed by atoms with Crippen LogP contribution in [0.5, 0.6) is 5.75 Å². The molecule has 3 N–H and O–H groups in total. The minimum atomic E-state index is -1.29. The number of oxazole rings is 1. The fourth-order valence-electron chi connectivity index (χ4n) is 1.67. The quantitative estimate of drug-likeness (QED) is 0.741. The summed E-state index contributed by atoms with van der Waals surface area (Å²) in [5.74, 6) is -0.940. The summed E-state index contributed by atoms with van der Waals surface area (Å²) in [7, 11) is 0. The van der Waals surface area contributed by atoms with Gasteiger partial charge in [-0.05, 0) is 24.3 Å². The number of carboxylic acids is 1. The van der Waals surface area contributed by atoms with Crippen LogP contribution in [0.3, 0.4) is 0 Å². The first-order chi connectivity index (χ1) is 11.3. The van der Waals surface area contributed by atoms with E-state index in [1.165, 1.54) is 18.2 Å². The Labute approximate surface area is 151 Å². The molecule has 0 aliphatic carbocycles. The molecule has 0 aliphatic heterocycles. The molecule has 0 spiro atoms. The molecular formula is C15H11Cl3N2O4. The van der Waals surface area contributed by atoms with Crippen molar-refractivity contribution in [2.75, 3.05) is 12.3 Å². The van der Waals surface area contributed by atoms with Crippen LogP contribution in [0.1, 0.15) is 0 Å². The SMILES string of the molecule is Nc1[nH+]c2cc(Cl)ccc2o1.O=C([O-])COc1ccc(Cl)c(Cl)c1. The lowest BCUT2D eigenvalue weighted by Gasteiger charge is -2.06. The van der Waals surface area contributed by atoms with E-state index in [1.54, 1.807) is 18.2 Å². The number of nitrogen functional groups attached to an aromatic ring is 1. The maximum Gasteiger partial charge on any atom is 0.450 e. The van der Waals surface area contributed by atoms with Gasteiger partial charge in [-0.1, -0.05) is 34.8 Å². The number of aromatic nitrogens is 1. The van der Waals surface area contributed by atoms with Crippen molar-refractivity contribution in [1.29, 1.82) is 0 Å². The first-order valence-electron chi connectivity index (χ1n) is 6.49. The number of carbonyl (C=O) groups is 1. The Kier molecular flexibility index (Phi) is 6.14. The lowest BCUT2D eigenvalue weighted by atomic mass is 10.3. The van der Waals surface area contributed by atoms with Gasteiger partial charge in [-0.3, -0.25) is 5.73 Å². The minimum absolute atomic E-state index is 0.294. The second-order valence-electron chi connectivity index (χ2n) is 4.47. The number of rotatable bonds is 3. The second-order valence-corrected chi connectivity index (χ2v) is 5.72. The van der Waals surface area contributed by atoms with Crippen molar-refractivity contribution in [3.05, 3.63) is 51.5 Å². The van der Waals surface area contributed by atoms with Crippen LogP contribution in [0.4, 0.5) is 6.01 Å². The van der Waals surface area contributed by atoms with E-state index in [0.717, 1.165) is 5.52 Å². The number of hydrogen-bond acceptors (Lipinski definition) is 5. The molecule has 0 atom stereocenters. The zero-order valence-corrected chi connectivity index (χ0v) is 14.3. The Morgan fingerprint density at radius 1 is 1.17 bits per heavy atom. The van der Waals surface area contributed by atoms with Crippen molar-refractivity contribution >= 4 is 57.9 Å². The number of aromatic amines is 1. The number of halogens is 3. The van der Waals surface area contributed by atoms with Crippen LogP contribution in [0.2, 0.25) is 15.1 Å². The van der Waals surface area contributed by atoms with Crippen LogP contribution in [0.25, 0.3) is 11.1 Å². The highest BCUT2D eigenvalue weighted by atomic mass is 35.5. The molecule has 0 saturated carbocycles. The molecule has 3 rings (SSSR count). The summed E-state index contributed by atoms with van der Waals surface area (Å²) in [6.45, 7) is -0.502. The van der Waals surface area contributed by atoms with Crippen molar-refractivity contribution in [1.82, 2.24) is 0 Å². The lowest BCUT2D eigenvalue weighted by Crippen LogP contribution is -2.28. The van der Waals surface area contributed by atoms with Gasteiger partial charge in [-0.15, -0.1) is 0 Å². The number of fused-ring (bicyclic) bond motifs is 1. The third-order valence-corrected chi connectivity index (χ3v) is 3.64. The normalized spacial score (nSPS) is 10.1. The molecule has 0 unspecified atom stereocenters. The summed E-state index contributed by atoms with van der Waals surface area (Å²) in [5, 5.41) is 11.4. The fourth-order valence-corrected chi connectivity index (χ4v) is 2.13. The number of benzene rings is 2. The first-order valence-corrected chi connectivity index (χ1v) is 7.63. The van der Waals surface area contributed by atoms with Gasteiger partial charge in [-0.25, -0.2) is 4.98 Å². The van der Waals surface area contributed by atoms with Gasteiger partial charge in [-0.2, -0.15) is 0 Å². The Hall–Kier alpha value is -2.15. The number of H-pyrrole nitrogens is 1. The van der Waals surface area contributed by atoms with Crippen molar-refractivity contribution in [3.8, 4) is 5.75 Å². The van der Waals surface area contributed by atoms with E-state index >= 15 is 0 Å². The summed E-state index contributed by atoms with van der Waals surface area (Å²) in [6.07, 6.45) is 0. The van der Waals surface area contributed by atoms with Crippen LogP contribution >= 0.6 is 34.8 Å². The lowest BCUT2D eigenvalue weighted by molar-refractivity contribution is -0.333. The smallest absolute Gasteiger partial charge is 0.450 e. The van der Waals surface area contributed by atoms with E-state index in [0.29, 0.717) is 32.4 Å². The van der Waals surface area contributed by atoms with Gasteiger partial charge in [0.15, 0.2) is 11.1 Å². The molecule has 0 fully saturated rings. The zero-order valence-electron chi connectivity index (χ0n) is 12.0. The molecule has 0 radical (unpaired) electrons. The Morgan fingerprint density at radius 3 is 2.58 bits per heavy atom. The number of nitrogens with one attached hydrogen (secondary N) is 1. The average Bonchev–Trinajstić information content (AvgIpc) is 2.88. The third kappa shape index (κ3) is 5.19. The first kappa shape index (κ1) is 18.2. The van der Waals surface area contributed by atoms with Crippen molar-refractivity contribution in [3.63, 3.8) is 0 Å². The maximum atomic E-state index is 10.0. The van der Waals surface area contributed by atoms with Gasteiger partial charge >= 0.3 is 6.01 Å². The second kappa shape index (κ2) is 8.10. The average molecular weight is 390 g/mol. The molecule has 126 valence electrons. The number of hydrogen-bond donors (Lipinski definition) is 1. The summed E-state index contributed by atoms with van der Waals surface area (Å²) < 4.78 is 9.88. The Bertz CT molecular complexity index is 867. The number of aliphatic carboxylic acids is 1. The summed E-state index contributed by atoms with van der Waals surface area (Å²) in [4.78, 5) is 12.9. The van der Waals surface area contributed by atoms with Crippen LogP contribution in [-0.2, 0) is 4.79 Å². The molecule has 0 aliphatic rings. The highest BCUT2D eigenvalue weighted by molar-refractivity contribution is 6.42. The number of carboxylic acid groups (broad SMARTS) is 1. The molecule has 24 heavy (non-hydrogen) atoms. The monoisotopic (exact) mass is 388 g/mol. The third-order valence-electron chi connectivity index (χ3n) is 2.67. The maximum absolute atomic E-state index is 10.0. The summed E-state index contributed by atoms with van der Waals surface area (Å²) in [6, 6.07) is 10.1. The molecule has 2 aromatic carbocycles. The number of anilines is 1. The fraction of sp³-hybridized carbons (Fsp3) is 0.0667. The van der Waals surface area contributed by atoms with E-state index in [2.05, 4.69) is 4.98 Å². The van der Waals surface area contributed by atoms with Gasteiger partial charge in [0.05, 0.1) is 16.0 Å². The van der Waals surface area contributed by atoms with Gasteiger partial charge in [0.1, 0.15) is 12.4 Å². The van der Waals surface area contributed by atoms with Gasteiger partial charge < -0.3 is 19.1 Å². The predicted octanol–water partition coefficient (Wildman–Crippen LogP) is 2.60. The molecule has 0 saturated heterocycles. The van der Waals surface area contributed by atoms with E-state index in [1.807, 2.05) is 0 Å². The highest BCUT2D eigenvalue weighted by Crippen LogP contribution is 2.26. The Balaban J connectivity index is 0.000000175. The largest absolute Gasteiger partial charge is 0.546 e. The molecule has 0 amide bonds. The van der Waals surface area contributed by atoms with Gasteiger partial charge in [0.2, 0.25) is 0 Å². The van der Waals surface area contributed by atoms with E-state index in [4.69, 9.17) is 49.7 Å². The molecule has 9 heteroatoms. The van der Waals surface area contributed by atoms with Crippen LogP contribution < -0.4 is 20.6 Å². The zero-order chi connectivity index (χ0) is 17.7. The van der Waals surface area contributed by atoms with Crippen molar-refractivity contribution < 1.29 is 24.0 Å². The molecule has 6 nitrogen and oxygen atoms in total. The minimum Gasteiger partial charge on any atom is -0.546 e. The topological polar surface area (TPSA) is 103 Å². The Morgan fingerprint density at radius 2 is 1.92 bits per heavy atom. The van der Waals surface area contributed by atoms with Gasteiger partial charge in [0.25, 0.3) is 0 Å². The standard InChI is InChI=1S/C8H6Cl2O3.C7H5ClN2O/c9-6-2-1-5(3-7(6)10)13-4-8(11)12;8-4-1-2-6-5(3-4)10-7(9)11-6/h1-3H,4H2,(H,11,12);1-3H,(H2,9,10). The van der Waals surface area contributed by atoms with Crippen LogP contribution in [0.15, 0.2) is 40.8 Å². The number of ether oxygens (including phenoxy) is 1. The van der Waals surface area contributed by atoms with E-state index in [9.17, 15) is 9.90 Å². The molecule has 1 heterocycles. The van der Waals surface area contributed by atoms with Crippen molar-refractivity contribution in [2.24, 2.45) is 0 Å². The summed E-state index contributed by atoms with van der Waals surface area (Å²) >= 11 is 17.0.